The molecule has 144 valence electrons. The normalized spacial score (nSPS) is 20.1. The van der Waals surface area contributed by atoms with Crippen molar-refractivity contribution < 1.29 is 19.1 Å². The van der Waals surface area contributed by atoms with Crippen LogP contribution >= 0.6 is 0 Å². The summed E-state index contributed by atoms with van der Waals surface area (Å²) in [6, 6.07) is 13.2. The molecule has 2 aromatic rings. The molecular weight excluding hydrogens is 356 g/mol. The van der Waals surface area contributed by atoms with E-state index in [1.54, 1.807) is 24.3 Å². The lowest BCUT2D eigenvalue weighted by Gasteiger charge is -2.29. The summed E-state index contributed by atoms with van der Waals surface area (Å²) in [6.45, 7) is 2.91. The Hall–Kier alpha value is -3.15. The number of esters is 1. The monoisotopic (exact) mass is 378 g/mol. The Labute approximate surface area is 163 Å². The van der Waals surface area contributed by atoms with E-state index in [0.717, 1.165) is 35.4 Å². The largest absolute Gasteiger partial charge is 0.497 e. The number of hydrogen-bond donors (Lipinski definition) is 0. The Bertz CT molecular complexity index is 965. The maximum atomic E-state index is 12.3. The number of hydrogen-bond acceptors (Lipinski definition) is 5. The van der Waals surface area contributed by atoms with Gasteiger partial charge in [-0.1, -0.05) is 18.2 Å². The minimum absolute atomic E-state index is 0.0968. The molecule has 1 amide bonds. The van der Waals surface area contributed by atoms with Gasteiger partial charge in [-0.15, -0.1) is 0 Å². The summed E-state index contributed by atoms with van der Waals surface area (Å²) in [5.74, 6) is 0.931. The van der Waals surface area contributed by atoms with E-state index in [9.17, 15) is 9.59 Å². The molecule has 0 radical (unpaired) electrons. The molecule has 28 heavy (non-hydrogen) atoms. The van der Waals surface area contributed by atoms with Crippen molar-refractivity contribution in [1.29, 1.82) is 0 Å². The quantitative estimate of drug-likeness (QED) is 0.606. The minimum atomic E-state index is -0.359. The van der Waals surface area contributed by atoms with Crippen LogP contribution in [0.4, 0.5) is 0 Å². The number of nitrogens with zero attached hydrogens (tertiary/aromatic N) is 2. The zero-order valence-corrected chi connectivity index (χ0v) is 16.1. The van der Waals surface area contributed by atoms with E-state index in [0.29, 0.717) is 5.75 Å². The van der Waals surface area contributed by atoms with Gasteiger partial charge in [-0.05, 0) is 48.2 Å². The van der Waals surface area contributed by atoms with Gasteiger partial charge in [0.2, 0.25) is 5.91 Å². The molecule has 0 unspecified atom stereocenters. The zero-order valence-electron chi connectivity index (χ0n) is 16.1. The number of carbonyl (C=O) groups excluding carboxylic acids is 2. The third-order valence-electron chi connectivity index (χ3n) is 5.33. The molecule has 4 rings (SSSR count). The maximum Gasteiger partial charge on any atom is 0.308 e. The van der Waals surface area contributed by atoms with Crippen molar-refractivity contribution in [3.8, 4) is 11.5 Å². The van der Waals surface area contributed by atoms with Crippen LogP contribution in [0.3, 0.4) is 0 Å². The third-order valence-corrected chi connectivity index (χ3v) is 5.33. The maximum absolute atomic E-state index is 12.3. The first kappa shape index (κ1) is 18.2. The van der Waals surface area contributed by atoms with Crippen LogP contribution in [-0.4, -0.2) is 29.7 Å². The molecule has 0 fully saturated rings. The number of methoxy groups -OCH3 is 1. The van der Waals surface area contributed by atoms with Crippen molar-refractivity contribution in [2.75, 3.05) is 7.11 Å². The van der Waals surface area contributed by atoms with Gasteiger partial charge in [0.15, 0.2) is 0 Å². The van der Waals surface area contributed by atoms with Gasteiger partial charge in [-0.3, -0.25) is 9.59 Å². The van der Waals surface area contributed by atoms with Crippen molar-refractivity contribution in [3.05, 3.63) is 59.2 Å². The van der Waals surface area contributed by atoms with Crippen LogP contribution in [0.1, 0.15) is 43.0 Å². The molecule has 2 atom stereocenters. The predicted octanol–water partition coefficient (Wildman–Crippen LogP) is 3.49. The van der Waals surface area contributed by atoms with Crippen LogP contribution in [0.2, 0.25) is 0 Å². The molecule has 1 aliphatic heterocycles. The number of ether oxygens (including phenoxy) is 2. The molecule has 6 nitrogen and oxygen atoms in total. The van der Waals surface area contributed by atoms with Gasteiger partial charge in [0, 0.05) is 25.3 Å². The molecule has 0 saturated carbocycles. The highest BCUT2D eigenvalue weighted by Crippen LogP contribution is 2.44. The fourth-order valence-electron chi connectivity index (χ4n) is 4.11. The van der Waals surface area contributed by atoms with Crippen LogP contribution in [0.5, 0.6) is 11.5 Å². The number of fused-ring (bicyclic) bond motifs is 3. The van der Waals surface area contributed by atoms with E-state index in [4.69, 9.17) is 14.6 Å². The standard InChI is InChI=1S/C22H22N2O4/c1-13(25)24-22(16-5-8-17(9-6-16)28-14(2)26)19-11-7-15-4-10-18(27-3)12-20(15)21(19)23-24/h4-6,8-10,12,19,22H,7,11H2,1-3H3/t19-,22+/m1/s1. The molecule has 6 heteroatoms. The summed E-state index contributed by atoms with van der Waals surface area (Å²) in [5, 5.41) is 6.29. The summed E-state index contributed by atoms with van der Waals surface area (Å²) in [5.41, 5.74) is 4.19. The number of rotatable bonds is 3. The smallest absolute Gasteiger partial charge is 0.308 e. The Morgan fingerprint density at radius 1 is 1.07 bits per heavy atom. The van der Waals surface area contributed by atoms with E-state index in [1.807, 2.05) is 24.3 Å². The number of aryl methyl sites for hydroxylation is 1. The number of hydrazone groups is 1. The van der Waals surface area contributed by atoms with Gasteiger partial charge in [-0.25, -0.2) is 5.01 Å². The van der Waals surface area contributed by atoms with E-state index < -0.39 is 0 Å². The summed E-state index contributed by atoms with van der Waals surface area (Å²) in [4.78, 5) is 23.5. The molecule has 0 spiro atoms. The van der Waals surface area contributed by atoms with Gasteiger partial charge >= 0.3 is 5.97 Å². The van der Waals surface area contributed by atoms with Crippen LogP contribution in [0.25, 0.3) is 0 Å². The van der Waals surface area contributed by atoms with Crippen molar-refractivity contribution in [2.45, 2.75) is 32.7 Å². The Kier molecular flexibility index (Phi) is 4.63. The molecule has 0 saturated heterocycles. The van der Waals surface area contributed by atoms with Crippen molar-refractivity contribution in [1.82, 2.24) is 5.01 Å². The lowest BCUT2D eigenvalue weighted by Crippen LogP contribution is -2.31. The second-order valence-electron chi connectivity index (χ2n) is 7.12. The minimum Gasteiger partial charge on any atom is -0.497 e. The summed E-state index contributed by atoms with van der Waals surface area (Å²) in [6.07, 6.45) is 1.84. The molecule has 1 heterocycles. The first-order chi connectivity index (χ1) is 13.5. The van der Waals surface area contributed by atoms with Gasteiger partial charge in [0.1, 0.15) is 11.5 Å². The SMILES string of the molecule is COc1ccc2c(c1)C1=NN(C(C)=O)[C@@H](c3ccc(OC(C)=O)cc3)[C@@H]1CC2. The van der Waals surface area contributed by atoms with Gasteiger partial charge in [0.25, 0.3) is 0 Å². The Morgan fingerprint density at radius 2 is 1.79 bits per heavy atom. The van der Waals surface area contributed by atoms with E-state index in [1.165, 1.54) is 19.4 Å². The van der Waals surface area contributed by atoms with Crippen molar-refractivity contribution in [3.63, 3.8) is 0 Å². The van der Waals surface area contributed by atoms with E-state index >= 15 is 0 Å². The second kappa shape index (κ2) is 7.11. The van der Waals surface area contributed by atoms with Crippen LogP contribution in [-0.2, 0) is 16.0 Å². The highest BCUT2D eigenvalue weighted by Gasteiger charge is 2.43. The van der Waals surface area contributed by atoms with Crippen LogP contribution in [0, 0.1) is 5.92 Å². The fraction of sp³-hybridized carbons (Fsp3) is 0.318. The third kappa shape index (κ3) is 3.15. The van der Waals surface area contributed by atoms with E-state index in [-0.39, 0.29) is 23.8 Å². The number of benzene rings is 2. The fourth-order valence-corrected chi connectivity index (χ4v) is 4.11. The first-order valence-electron chi connectivity index (χ1n) is 9.32. The molecule has 0 N–H and O–H groups in total. The Balaban J connectivity index is 1.72. The number of carbonyl (C=O) groups is 2. The Morgan fingerprint density at radius 3 is 2.43 bits per heavy atom. The first-order valence-corrected chi connectivity index (χ1v) is 9.32. The topological polar surface area (TPSA) is 68.2 Å². The average Bonchev–Trinajstić information content (AvgIpc) is 3.08. The second-order valence-corrected chi connectivity index (χ2v) is 7.12. The van der Waals surface area contributed by atoms with Crippen LogP contribution in [0.15, 0.2) is 47.6 Å². The van der Waals surface area contributed by atoms with Gasteiger partial charge < -0.3 is 9.47 Å². The highest BCUT2D eigenvalue weighted by molar-refractivity contribution is 6.07. The van der Waals surface area contributed by atoms with Crippen LogP contribution < -0.4 is 9.47 Å². The summed E-state index contributed by atoms with van der Waals surface area (Å²) >= 11 is 0. The number of amides is 1. The highest BCUT2D eigenvalue weighted by atomic mass is 16.5. The lowest BCUT2D eigenvalue weighted by molar-refractivity contribution is -0.132. The predicted molar refractivity (Wildman–Crippen MR) is 104 cm³/mol. The molecule has 1 aliphatic carbocycles. The molecule has 0 bridgehead atoms. The zero-order chi connectivity index (χ0) is 19.8. The molecular formula is C22H22N2O4. The molecule has 0 aromatic heterocycles. The lowest BCUT2D eigenvalue weighted by atomic mass is 9.77. The van der Waals surface area contributed by atoms with Crippen molar-refractivity contribution in [2.24, 2.45) is 11.0 Å². The molecule has 2 aliphatic rings. The van der Waals surface area contributed by atoms with Gasteiger partial charge in [-0.2, -0.15) is 5.10 Å². The summed E-state index contributed by atoms with van der Waals surface area (Å²) < 4.78 is 10.5. The average molecular weight is 378 g/mol. The molecule has 2 aromatic carbocycles. The summed E-state index contributed by atoms with van der Waals surface area (Å²) in [7, 11) is 1.65. The van der Waals surface area contributed by atoms with Gasteiger partial charge in [0.05, 0.1) is 18.9 Å². The van der Waals surface area contributed by atoms with Crippen molar-refractivity contribution >= 4 is 17.6 Å². The van der Waals surface area contributed by atoms with E-state index in [2.05, 4.69) is 6.07 Å².